The number of benzene rings is 1. The molecule has 0 fully saturated rings. The van der Waals surface area contributed by atoms with E-state index in [2.05, 4.69) is 15.0 Å². The van der Waals surface area contributed by atoms with Crippen LogP contribution in [0.4, 0.5) is 0 Å². The van der Waals surface area contributed by atoms with E-state index in [1.54, 1.807) is 7.05 Å². The van der Waals surface area contributed by atoms with E-state index >= 15 is 0 Å². The van der Waals surface area contributed by atoms with Gasteiger partial charge in [-0.1, -0.05) is 11.6 Å². The Kier molecular flexibility index (Phi) is 4.15. The van der Waals surface area contributed by atoms with Gasteiger partial charge in [0.15, 0.2) is 0 Å². The summed E-state index contributed by atoms with van der Waals surface area (Å²) in [5, 5.41) is -0.0102. The van der Waals surface area contributed by atoms with Crippen molar-refractivity contribution in [2.45, 2.75) is 20.4 Å². The second kappa shape index (κ2) is 6.13. The van der Waals surface area contributed by atoms with Crippen molar-refractivity contribution in [3.8, 4) is 0 Å². The molecule has 0 aliphatic rings. The number of carbonyl (C=O) groups excluding carboxylic acids is 1. The second-order valence-corrected chi connectivity index (χ2v) is 6.27. The highest BCUT2D eigenvalue weighted by Crippen LogP contribution is 2.18. The minimum absolute atomic E-state index is 0.0102. The Hall–Kier alpha value is -2.60. The number of fused-ring (bicyclic) bond motifs is 1. The van der Waals surface area contributed by atoms with Gasteiger partial charge in [-0.3, -0.25) is 9.59 Å². The summed E-state index contributed by atoms with van der Waals surface area (Å²) in [6, 6.07) is 5.43. The van der Waals surface area contributed by atoms with Crippen molar-refractivity contribution in [1.82, 2.24) is 19.9 Å². The summed E-state index contributed by atoms with van der Waals surface area (Å²) in [6.45, 7) is 4.41. The molecule has 0 spiro atoms. The SMILES string of the molecule is Cc1cc2nc(CN(C)C(=O)c3c[nH]c(=O)c(Cl)c3)[nH]c2cc1C. The summed E-state index contributed by atoms with van der Waals surface area (Å²) in [4.78, 5) is 35.4. The zero-order valence-electron chi connectivity index (χ0n) is 13.6. The normalized spacial score (nSPS) is 11.0. The molecule has 3 rings (SSSR count). The summed E-state index contributed by atoms with van der Waals surface area (Å²) in [5.74, 6) is 0.447. The molecule has 0 aliphatic heterocycles. The zero-order chi connectivity index (χ0) is 17.4. The molecule has 2 heterocycles. The van der Waals surface area contributed by atoms with E-state index in [0.29, 0.717) is 17.9 Å². The van der Waals surface area contributed by atoms with Gasteiger partial charge >= 0.3 is 0 Å². The van der Waals surface area contributed by atoms with Gasteiger partial charge in [-0.15, -0.1) is 0 Å². The first-order valence-electron chi connectivity index (χ1n) is 7.44. The molecular formula is C17H17ClN4O2. The molecule has 0 atom stereocenters. The predicted octanol–water partition coefficient (Wildman–Crippen LogP) is 2.79. The van der Waals surface area contributed by atoms with Crippen molar-refractivity contribution in [2.24, 2.45) is 0 Å². The van der Waals surface area contributed by atoms with Gasteiger partial charge in [-0.05, 0) is 43.2 Å². The van der Waals surface area contributed by atoms with Crippen LogP contribution in [0.2, 0.25) is 5.02 Å². The van der Waals surface area contributed by atoms with Crippen LogP contribution in [0, 0.1) is 13.8 Å². The molecule has 0 bridgehead atoms. The maximum Gasteiger partial charge on any atom is 0.266 e. The van der Waals surface area contributed by atoms with Gasteiger partial charge in [0.2, 0.25) is 0 Å². The fourth-order valence-corrected chi connectivity index (χ4v) is 2.67. The number of nitrogens with one attached hydrogen (secondary N) is 2. The monoisotopic (exact) mass is 344 g/mol. The van der Waals surface area contributed by atoms with Crippen LogP contribution in [0.15, 0.2) is 29.2 Å². The minimum Gasteiger partial charge on any atom is -0.340 e. The third-order valence-corrected chi connectivity index (χ3v) is 4.27. The lowest BCUT2D eigenvalue weighted by atomic mass is 10.1. The van der Waals surface area contributed by atoms with E-state index in [0.717, 1.165) is 11.0 Å². The van der Waals surface area contributed by atoms with Gasteiger partial charge in [-0.2, -0.15) is 0 Å². The molecule has 6 nitrogen and oxygen atoms in total. The first-order valence-corrected chi connectivity index (χ1v) is 7.82. The third-order valence-electron chi connectivity index (χ3n) is 3.98. The van der Waals surface area contributed by atoms with Gasteiger partial charge in [0, 0.05) is 13.2 Å². The summed E-state index contributed by atoms with van der Waals surface area (Å²) in [6.07, 6.45) is 1.36. The number of aromatic amines is 2. The van der Waals surface area contributed by atoms with E-state index < -0.39 is 5.56 Å². The number of nitrogens with zero attached hydrogens (tertiary/aromatic N) is 2. The van der Waals surface area contributed by atoms with Crippen LogP contribution in [0.1, 0.15) is 27.3 Å². The van der Waals surface area contributed by atoms with Crippen LogP contribution < -0.4 is 5.56 Å². The number of H-pyrrole nitrogens is 2. The number of amides is 1. The van der Waals surface area contributed by atoms with Crippen molar-refractivity contribution in [2.75, 3.05) is 7.05 Å². The number of rotatable bonds is 3. The van der Waals surface area contributed by atoms with Crippen LogP contribution in [0.3, 0.4) is 0 Å². The Balaban J connectivity index is 1.83. The molecule has 124 valence electrons. The molecule has 2 N–H and O–H groups in total. The molecule has 3 aromatic rings. The molecule has 24 heavy (non-hydrogen) atoms. The van der Waals surface area contributed by atoms with Gasteiger partial charge < -0.3 is 14.9 Å². The molecule has 0 radical (unpaired) electrons. The van der Waals surface area contributed by atoms with Gasteiger partial charge in [0.05, 0.1) is 23.1 Å². The van der Waals surface area contributed by atoms with E-state index in [-0.39, 0.29) is 10.9 Å². The summed E-state index contributed by atoms with van der Waals surface area (Å²) < 4.78 is 0. The molecule has 0 aliphatic carbocycles. The lowest BCUT2D eigenvalue weighted by Gasteiger charge is -2.15. The van der Waals surface area contributed by atoms with Gasteiger partial charge in [0.25, 0.3) is 11.5 Å². The van der Waals surface area contributed by atoms with Crippen molar-refractivity contribution in [1.29, 1.82) is 0 Å². The number of imidazole rings is 1. The Morgan fingerprint density at radius 3 is 2.67 bits per heavy atom. The molecule has 0 unspecified atom stereocenters. The fraction of sp³-hybridized carbons (Fsp3) is 0.235. The van der Waals surface area contributed by atoms with E-state index in [1.807, 2.05) is 26.0 Å². The molecule has 0 saturated carbocycles. The number of halogens is 1. The highest BCUT2D eigenvalue weighted by atomic mass is 35.5. The second-order valence-electron chi connectivity index (χ2n) is 5.86. The molecule has 1 aromatic carbocycles. The van der Waals surface area contributed by atoms with Crippen molar-refractivity contribution in [3.05, 3.63) is 62.3 Å². The highest BCUT2D eigenvalue weighted by molar-refractivity contribution is 6.30. The number of pyridine rings is 1. The maximum absolute atomic E-state index is 12.4. The summed E-state index contributed by atoms with van der Waals surface area (Å²) >= 11 is 5.77. The first kappa shape index (κ1) is 16.3. The van der Waals surface area contributed by atoms with E-state index in [1.165, 1.54) is 28.3 Å². The molecular weight excluding hydrogens is 328 g/mol. The predicted molar refractivity (Wildman–Crippen MR) is 93.4 cm³/mol. The highest BCUT2D eigenvalue weighted by Gasteiger charge is 2.15. The lowest BCUT2D eigenvalue weighted by Crippen LogP contribution is -2.27. The number of hydrogen-bond donors (Lipinski definition) is 2. The van der Waals surface area contributed by atoms with Crippen LogP contribution in [-0.4, -0.2) is 32.8 Å². The average molecular weight is 345 g/mol. The van der Waals surface area contributed by atoms with Gasteiger partial charge in [-0.25, -0.2) is 4.98 Å². The topological polar surface area (TPSA) is 81.8 Å². The Morgan fingerprint density at radius 2 is 1.96 bits per heavy atom. The smallest absolute Gasteiger partial charge is 0.266 e. The van der Waals surface area contributed by atoms with E-state index in [4.69, 9.17) is 11.6 Å². The van der Waals surface area contributed by atoms with Crippen molar-refractivity contribution < 1.29 is 4.79 Å². The Morgan fingerprint density at radius 1 is 1.25 bits per heavy atom. The quantitative estimate of drug-likeness (QED) is 0.766. The van der Waals surface area contributed by atoms with Crippen molar-refractivity contribution in [3.63, 3.8) is 0 Å². The van der Waals surface area contributed by atoms with Crippen LogP contribution in [0.5, 0.6) is 0 Å². The van der Waals surface area contributed by atoms with Crippen molar-refractivity contribution >= 4 is 28.5 Å². The number of aryl methyl sites for hydroxylation is 2. The number of aromatic nitrogens is 3. The average Bonchev–Trinajstić information content (AvgIpc) is 2.90. The Labute approximate surface area is 143 Å². The standard InChI is InChI=1S/C17H17ClN4O2/c1-9-4-13-14(5-10(9)2)21-15(20-13)8-22(3)17(24)11-6-12(18)16(23)19-7-11/h4-7H,8H2,1-3H3,(H,19,23)(H,20,21). The summed E-state index contributed by atoms with van der Waals surface area (Å²) in [5.41, 5.74) is 4.09. The number of carbonyl (C=O) groups is 1. The first-order chi connectivity index (χ1) is 11.3. The largest absolute Gasteiger partial charge is 0.340 e. The van der Waals surface area contributed by atoms with Crippen LogP contribution in [0.25, 0.3) is 11.0 Å². The Bertz CT molecular complexity index is 951. The summed E-state index contributed by atoms with van der Waals surface area (Å²) in [7, 11) is 1.67. The van der Waals surface area contributed by atoms with Crippen LogP contribution in [-0.2, 0) is 6.54 Å². The minimum atomic E-state index is -0.418. The third kappa shape index (κ3) is 3.05. The van der Waals surface area contributed by atoms with Gasteiger partial charge in [0.1, 0.15) is 10.8 Å². The molecule has 1 amide bonds. The lowest BCUT2D eigenvalue weighted by molar-refractivity contribution is 0.0781. The fourth-order valence-electron chi connectivity index (χ4n) is 2.49. The zero-order valence-corrected chi connectivity index (χ0v) is 14.4. The number of hydrogen-bond acceptors (Lipinski definition) is 3. The molecule has 0 saturated heterocycles. The molecule has 2 aromatic heterocycles. The maximum atomic E-state index is 12.4. The van der Waals surface area contributed by atoms with Crippen LogP contribution >= 0.6 is 11.6 Å². The molecule has 7 heteroatoms. The van der Waals surface area contributed by atoms with E-state index in [9.17, 15) is 9.59 Å².